The summed E-state index contributed by atoms with van der Waals surface area (Å²) in [5, 5.41) is 5.60. The Morgan fingerprint density at radius 1 is 1.45 bits per heavy atom. The summed E-state index contributed by atoms with van der Waals surface area (Å²) in [5.74, 6) is -0.572. The second kappa shape index (κ2) is 6.56. The Bertz CT molecular complexity index is 628. The highest BCUT2D eigenvalue weighted by Gasteiger charge is 2.07. The number of hydrogen-bond donors (Lipinski definition) is 2. The first-order valence-corrected chi connectivity index (χ1v) is 7.69. The van der Waals surface area contributed by atoms with Crippen LogP contribution in [0.15, 0.2) is 28.7 Å². The molecule has 0 saturated carbocycles. The van der Waals surface area contributed by atoms with Gasteiger partial charge in [0, 0.05) is 28.5 Å². The molecule has 1 amide bonds. The smallest absolute Gasteiger partial charge is 0.221 e. The van der Waals surface area contributed by atoms with Crippen molar-refractivity contribution in [3.05, 3.63) is 43.8 Å². The number of nitrogens with one attached hydrogen (secondary N) is 2. The van der Waals surface area contributed by atoms with E-state index < -0.39 is 0 Å². The van der Waals surface area contributed by atoms with Crippen molar-refractivity contribution in [2.45, 2.75) is 13.5 Å². The molecule has 20 heavy (non-hydrogen) atoms. The Balaban J connectivity index is 2.10. The summed E-state index contributed by atoms with van der Waals surface area (Å²) in [7, 11) is 0. The van der Waals surface area contributed by atoms with Crippen LogP contribution < -0.4 is 10.6 Å². The van der Waals surface area contributed by atoms with E-state index in [4.69, 9.17) is 11.6 Å². The van der Waals surface area contributed by atoms with Crippen molar-refractivity contribution in [3.63, 3.8) is 0 Å². The van der Waals surface area contributed by atoms with Crippen LogP contribution in [0.1, 0.15) is 11.8 Å². The maximum atomic E-state index is 13.7. The van der Waals surface area contributed by atoms with Gasteiger partial charge in [-0.15, -0.1) is 11.3 Å². The molecule has 0 atom stereocenters. The molecule has 2 rings (SSSR count). The summed E-state index contributed by atoms with van der Waals surface area (Å²) in [6.45, 7) is 1.86. The predicted octanol–water partition coefficient (Wildman–Crippen LogP) is 4.87. The van der Waals surface area contributed by atoms with Crippen molar-refractivity contribution in [3.8, 4) is 0 Å². The van der Waals surface area contributed by atoms with E-state index in [2.05, 4.69) is 26.6 Å². The molecule has 0 aliphatic carbocycles. The van der Waals surface area contributed by atoms with Crippen LogP contribution in [0.2, 0.25) is 4.34 Å². The average molecular weight is 378 g/mol. The fraction of sp³-hybridized carbons (Fsp3) is 0.154. The third-order valence-corrected chi connectivity index (χ3v) is 4.91. The minimum atomic E-state index is -0.374. The first-order chi connectivity index (χ1) is 9.45. The number of carbonyl (C=O) groups excluding carboxylic acids is 1. The van der Waals surface area contributed by atoms with E-state index >= 15 is 0 Å². The quantitative estimate of drug-likeness (QED) is 0.798. The van der Waals surface area contributed by atoms with Crippen LogP contribution in [0.4, 0.5) is 15.8 Å². The Hall–Kier alpha value is -1.11. The van der Waals surface area contributed by atoms with Crippen LogP contribution in [0.25, 0.3) is 0 Å². The van der Waals surface area contributed by atoms with Crippen LogP contribution in [0.3, 0.4) is 0 Å². The highest BCUT2D eigenvalue weighted by molar-refractivity contribution is 9.10. The number of anilines is 2. The zero-order chi connectivity index (χ0) is 14.7. The molecule has 1 aromatic heterocycles. The Morgan fingerprint density at radius 2 is 2.20 bits per heavy atom. The number of rotatable bonds is 4. The number of thiophene rings is 1. The maximum Gasteiger partial charge on any atom is 0.221 e. The van der Waals surface area contributed by atoms with E-state index in [1.807, 2.05) is 6.07 Å². The third-order valence-electron chi connectivity index (χ3n) is 2.44. The molecular weight excluding hydrogens is 367 g/mol. The van der Waals surface area contributed by atoms with Crippen molar-refractivity contribution in [1.82, 2.24) is 0 Å². The number of halogens is 3. The Kier molecular flexibility index (Phi) is 5.01. The molecule has 0 radical (unpaired) electrons. The van der Waals surface area contributed by atoms with E-state index in [1.165, 1.54) is 30.4 Å². The minimum absolute atomic E-state index is 0.198. The lowest BCUT2D eigenvalue weighted by Gasteiger charge is -2.09. The predicted molar refractivity (Wildman–Crippen MR) is 85.1 cm³/mol. The number of hydrogen-bond acceptors (Lipinski definition) is 3. The van der Waals surface area contributed by atoms with Crippen molar-refractivity contribution >= 4 is 56.1 Å². The van der Waals surface area contributed by atoms with Gasteiger partial charge >= 0.3 is 0 Å². The van der Waals surface area contributed by atoms with Gasteiger partial charge in [0.2, 0.25) is 5.91 Å². The van der Waals surface area contributed by atoms with Gasteiger partial charge in [0.15, 0.2) is 0 Å². The molecule has 0 saturated heterocycles. The summed E-state index contributed by atoms with van der Waals surface area (Å²) < 4.78 is 15.2. The van der Waals surface area contributed by atoms with Gasteiger partial charge in [-0.3, -0.25) is 4.79 Å². The summed E-state index contributed by atoms with van der Waals surface area (Å²) in [4.78, 5) is 12.0. The van der Waals surface area contributed by atoms with Crippen molar-refractivity contribution < 1.29 is 9.18 Å². The summed E-state index contributed by atoms with van der Waals surface area (Å²) in [6.07, 6.45) is 0. The van der Waals surface area contributed by atoms with E-state index in [9.17, 15) is 9.18 Å². The summed E-state index contributed by atoms with van der Waals surface area (Å²) in [5.41, 5.74) is 0.878. The number of carbonyl (C=O) groups is 1. The van der Waals surface area contributed by atoms with E-state index in [1.54, 1.807) is 6.07 Å². The van der Waals surface area contributed by atoms with E-state index in [-0.39, 0.29) is 11.7 Å². The van der Waals surface area contributed by atoms with Crippen LogP contribution in [-0.4, -0.2) is 5.91 Å². The summed E-state index contributed by atoms with van der Waals surface area (Å²) >= 11 is 10.7. The van der Waals surface area contributed by atoms with Crippen LogP contribution in [-0.2, 0) is 11.3 Å². The molecule has 0 bridgehead atoms. The van der Waals surface area contributed by atoms with Gasteiger partial charge in [-0.05, 0) is 40.2 Å². The molecule has 0 spiro atoms. The molecule has 2 N–H and O–H groups in total. The molecule has 1 aromatic carbocycles. The summed E-state index contributed by atoms with van der Waals surface area (Å²) in [6, 6.07) is 6.27. The molecule has 0 aliphatic rings. The van der Waals surface area contributed by atoms with Crippen molar-refractivity contribution in [1.29, 1.82) is 0 Å². The molecule has 2 aromatic rings. The van der Waals surface area contributed by atoms with E-state index in [0.717, 1.165) is 9.35 Å². The number of amides is 1. The van der Waals surface area contributed by atoms with Crippen molar-refractivity contribution in [2.75, 3.05) is 10.6 Å². The average Bonchev–Trinajstić information content (AvgIpc) is 2.69. The van der Waals surface area contributed by atoms with Gasteiger partial charge in [0.25, 0.3) is 0 Å². The largest absolute Gasteiger partial charge is 0.378 e. The monoisotopic (exact) mass is 376 g/mol. The normalized spacial score (nSPS) is 10.4. The highest BCUT2D eigenvalue weighted by Crippen LogP contribution is 2.32. The van der Waals surface area contributed by atoms with Crippen LogP contribution in [0.5, 0.6) is 0 Å². The lowest BCUT2D eigenvalue weighted by Crippen LogP contribution is -2.07. The van der Waals surface area contributed by atoms with Gasteiger partial charge in [0.1, 0.15) is 10.2 Å². The molecule has 3 nitrogen and oxygen atoms in total. The first kappa shape index (κ1) is 15.3. The fourth-order valence-electron chi connectivity index (χ4n) is 1.60. The van der Waals surface area contributed by atoms with Crippen molar-refractivity contribution in [2.24, 2.45) is 0 Å². The molecule has 1 heterocycles. The molecule has 106 valence electrons. The zero-order valence-electron chi connectivity index (χ0n) is 10.5. The van der Waals surface area contributed by atoms with E-state index in [0.29, 0.717) is 22.3 Å². The Morgan fingerprint density at radius 3 is 2.80 bits per heavy atom. The third kappa shape index (κ3) is 3.94. The molecule has 0 unspecified atom stereocenters. The van der Waals surface area contributed by atoms with Crippen LogP contribution >= 0.6 is 38.9 Å². The second-order valence-corrected chi connectivity index (χ2v) is 6.66. The minimum Gasteiger partial charge on any atom is -0.378 e. The highest BCUT2D eigenvalue weighted by atomic mass is 79.9. The number of benzene rings is 1. The van der Waals surface area contributed by atoms with Gasteiger partial charge < -0.3 is 10.6 Å². The standard InChI is InChI=1S/C13H11BrClFN2OS/c1-7(19)18-8-2-3-11(16)12(4-8)17-6-9-5-10(14)13(15)20-9/h2-5,17H,6H2,1H3,(H,18,19). The topological polar surface area (TPSA) is 41.1 Å². The molecular formula is C13H11BrClFN2OS. The van der Waals surface area contributed by atoms with Gasteiger partial charge in [-0.2, -0.15) is 0 Å². The lowest BCUT2D eigenvalue weighted by molar-refractivity contribution is -0.114. The van der Waals surface area contributed by atoms with Gasteiger partial charge in [-0.1, -0.05) is 11.6 Å². The SMILES string of the molecule is CC(=O)Nc1ccc(F)c(NCc2cc(Br)c(Cl)s2)c1. The lowest BCUT2D eigenvalue weighted by atomic mass is 10.2. The van der Waals surface area contributed by atoms with Crippen LogP contribution in [0, 0.1) is 5.82 Å². The first-order valence-electron chi connectivity index (χ1n) is 5.70. The zero-order valence-corrected chi connectivity index (χ0v) is 13.6. The Labute approximate surface area is 133 Å². The molecule has 7 heteroatoms. The maximum absolute atomic E-state index is 13.7. The second-order valence-electron chi connectivity index (χ2n) is 4.06. The fourth-order valence-corrected chi connectivity index (χ4v) is 3.33. The van der Waals surface area contributed by atoms with Gasteiger partial charge in [0.05, 0.1) is 5.69 Å². The van der Waals surface area contributed by atoms with Gasteiger partial charge in [-0.25, -0.2) is 4.39 Å². The molecule has 0 aliphatic heterocycles. The molecule has 0 fully saturated rings.